The van der Waals surface area contributed by atoms with Gasteiger partial charge in [0.1, 0.15) is 17.9 Å². The van der Waals surface area contributed by atoms with Crippen LogP contribution in [0.25, 0.3) is 11.0 Å². The highest BCUT2D eigenvalue weighted by Gasteiger charge is 2.38. The van der Waals surface area contributed by atoms with Crippen molar-refractivity contribution >= 4 is 28.6 Å². The fourth-order valence-corrected chi connectivity index (χ4v) is 4.66. The maximum atomic E-state index is 13.5. The zero-order valence-electron chi connectivity index (χ0n) is 21.9. The van der Waals surface area contributed by atoms with Gasteiger partial charge in [0, 0.05) is 29.2 Å². The predicted octanol–water partition coefficient (Wildman–Crippen LogP) is 6.80. The highest BCUT2D eigenvalue weighted by atomic mass is 19.4. The molecule has 0 radical (unpaired) electrons. The zero-order chi connectivity index (χ0) is 29.9. The summed E-state index contributed by atoms with van der Waals surface area (Å²) in [6, 6.07) is 6.53. The molecule has 0 atom stereocenters. The molecular weight excluding hydrogens is 558 g/mol. The SMILES string of the molecule is CCCc1c(OCCCCCN2C(=O)CN(c3cccc(C(F)(F)F)c3)C2=O)ccc2c(C(F)(F)F)cc(=O)oc12. The lowest BCUT2D eigenvalue weighted by atomic mass is 10.0. The third kappa shape index (κ3) is 6.66. The Hall–Kier alpha value is -4.03. The maximum Gasteiger partial charge on any atom is 0.417 e. The van der Waals surface area contributed by atoms with Crippen molar-refractivity contribution in [1.29, 1.82) is 0 Å². The molecule has 0 spiro atoms. The van der Waals surface area contributed by atoms with Gasteiger partial charge in [0.15, 0.2) is 0 Å². The number of urea groups is 1. The molecule has 7 nitrogen and oxygen atoms in total. The molecule has 0 N–H and O–H groups in total. The second-order valence-electron chi connectivity index (χ2n) is 9.52. The average Bonchev–Trinajstić information content (AvgIpc) is 3.18. The van der Waals surface area contributed by atoms with Crippen LogP contribution < -0.4 is 15.3 Å². The van der Waals surface area contributed by atoms with Gasteiger partial charge in [0.2, 0.25) is 0 Å². The quantitative estimate of drug-likeness (QED) is 0.113. The van der Waals surface area contributed by atoms with E-state index in [0.717, 1.165) is 21.9 Å². The Balaban J connectivity index is 1.34. The number of unbranched alkanes of at least 4 members (excludes halogenated alkanes) is 2. The van der Waals surface area contributed by atoms with Crippen LogP contribution in [0.4, 0.5) is 36.8 Å². The number of ether oxygens (including phenoxy) is 1. The number of anilines is 1. The number of fused-ring (bicyclic) bond motifs is 1. The van der Waals surface area contributed by atoms with Gasteiger partial charge in [-0.3, -0.25) is 14.6 Å². The molecule has 0 unspecified atom stereocenters. The van der Waals surface area contributed by atoms with Crippen molar-refractivity contribution in [3.63, 3.8) is 0 Å². The Kier molecular flexibility index (Phi) is 8.64. The Morgan fingerprint density at radius 3 is 2.37 bits per heavy atom. The van der Waals surface area contributed by atoms with Crippen molar-refractivity contribution in [2.45, 2.75) is 51.4 Å². The number of imide groups is 1. The molecule has 1 aliphatic heterocycles. The Labute approximate surface area is 230 Å². The predicted molar refractivity (Wildman–Crippen MR) is 137 cm³/mol. The van der Waals surface area contributed by atoms with Crippen LogP contribution in [-0.4, -0.2) is 36.5 Å². The number of amides is 3. The molecule has 0 aliphatic carbocycles. The second kappa shape index (κ2) is 11.8. The molecule has 41 heavy (non-hydrogen) atoms. The van der Waals surface area contributed by atoms with Gasteiger partial charge in [-0.25, -0.2) is 9.59 Å². The van der Waals surface area contributed by atoms with E-state index in [1.165, 1.54) is 24.3 Å². The van der Waals surface area contributed by atoms with Crippen LogP contribution in [0.15, 0.2) is 51.7 Å². The molecule has 3 amide bonds. The number of benzene rings is 2. The fraction of sp³-hybridized carbons (Fsp3) is 0.393. The number of carbonyl (C=O) groups is 2. The molecule has 0 saturated carbocycles. The summed E-state index contributed by atoms with van der Waals surface area (Å²) in [5.41, 5.74) is -2.95. The number of aryl methyl sites for hydroxylation is 1. The van der Waals surface area contributed by atoms with Gasteiger partial charge in [-0.1, -0.05) is 19.4 Å². The lowest BCUT2D eigenvalue weighted by molar-refractivity contribution is -0.138. The second-order valence-corrected chi connectivity index (χ2v) is 9.52. The van der Waals surface area contributed by atoms with Crippen molar-refractivity contribution in [2.75, 3.05) is 24.6 Å². The molecule has 220 valence electrons. The number of halogens is 6. The Morgan fingerprint density at radius 2 is 1.68 bits per heavy atom. The van der Waals surface area contributed by atoms with E-state index in [1.54, 1.807) is 0 Å². The first kappa shape index (κ1) is 29.9. The summed E-state index contributed by atoms with van der Waals surface area (Å²) in [6.45, 7) is 1.69. The number of rotatable bonds is 10. The standard InChI is InChI=1S/C28H26F6N2O5/c1-2-7-20-22(11-10-19-21(28(32,33)34)15-24(38)41-25(19)20)40-13-5-3-4-12-35-23(37)16-36(26(35)39)18-9-6-8-17(14-18)27(29,30)31/h6,8-11,14-15H,2-5,7,12-13,16H2,1H3. The first-order valence-electron chi connectivity index (χ1n) is 12.9. The molecule has 2 aromatic carbocycles. The van der Waals surface area contributed by atoms with Crippen LogP contribution in [-0.2, 0) is 23.6 Å². The highest BCUT2D eigenvalue weighted by Crippen LogP contribution is 2.38. The van der Waals surface area contributed by atoms with Gasteiger partial charge in [-0.05, 0) is 56.0 Å². The average molecular weight is 585 g/mol. The first-order valence-corrected chi connectivity index (χ1v) is 12.9. The van der Waals surface area contributed by atoms with Crippen molar-refractivity contribution in [1.82, 2.24) is 4.90 Å². The van der Waals surface area contributed by atoms with E-state index < -0.39 is 41.0 Å². The summed E-state index contributed by atoms with van der Waals surface area (Å²) in [5, 5.41) is -0.230. The minimum absolute atomic E-state index is 0.0227. The number of alkyl halides is 6. The summed E-state index contributed by atoms with van der Waals surface area (Å²) in [5.74, 6) is -0.229. The van der Waals surface area contributed by atoms with Crippen molar-refractivity contribution in [2.24, 2.45) is 0 Å². The minimum atomic E-state index is -4.73. The van der Waals surface area contributed by atoms with E-state index in [1.807, 2.05) is 6.92 Å². The van der Waals surface area contributed by atoms with Gasteiger partial charge in [-0.2, -0.15) is 26.3 Å². The zero-order valence-corrected chi connectivity index (χ0v) is 21.9. The van der Waals surface area contributed by atoms with Gasteiger partial charge in [0.25, 0.3) is 5.91 Å². The molecular formula is C28H26F6N2O5. The van der Waals surface area contributed by atoms with E-state index in [-0.39, 0.29) is 36.4 Å². The molecule has 0 bridgehead atoms. The molecule has 1 fully saturated rings. The summed E-state index contributed by atoms with van der Waals surface area (Å²) in [7, 11) is 0. The van der Waals surface area contributed by atoms with E-state index in [0.29, 0.717) is 49.5 Å². The molecule has 1 saturated heterocycles. The van der Waals surface area contributed by atoms with E-state index in [4.69, 9.17) is 9.15 Å². The number of carbonyl (C=O) groups excluding carboxylic acids is 2. The van der Waals surface area contributed by atoms with Crippen LogP contribution >= 0.6 is 0 Å². The van der Waals surface area contributed by atoms with E-state index >= 15 is 0 Å². The van der Waals surface area contributed by atoms with Crippen molar-refractivity contribution < 1.29 is 45.1 Å². The van der Waals surface area contributed by atoms with Crippen molar-refractivity contribution in [3.8, 4) is 5.75 Å². The van der Waals surface area contributed by atoms with E-state index in [9.17, 15) is 40.7 Å². The minimum Gasteiger partial charge on any atom is -0.493 e. The molecule has 13 heteroatoms. The lowest BCUT2D eigenvalue weighted by Gasteiger charge is -2.18. The lowest BCUT2D eigenvalue weighted by Crippen LogP contribution is -2.34. The smallest absolute Gasteiger partial charge is 0.417 e. The topological polar surface area (TPSA) is 80.1 Å². The van der Waals surface area contributed by atoms with Crippen LogP contribution in [0.1, 0.15) is 49.3 Å². The molecule has 4 rings (SSSR count). The summed E-state index contributed by atoms with van der Waals surface area (Å²) in [4.78, 5) is 39.0. The summed E-state index contributed by atoms with van der Waals surface area (Å²) >= 11 is 0. The fourth-order valence-electron chi connectivity index (χ4n) is 4.66. The van der Waals surface area contributed by atoms with Gasteiger partial charge in [0.05, 0.1) is 17.7 Å². The largest absolute Gasteiger partial charge is 0.493 e. The summed E-state index contributed by atoms with van der Waals surface area (Å²) < 4.78 is 90.4. The molecule has 1 aliphatic rings. The van der Waals surface area contributed by atoms with Gasteiger partial charge >= 0.3 is 24.0 Å². The maximum absolute atomic E-state index is 13.5. The third-order valence-corrected chi connectivity index (χ3v) is 6.60. The van der Waals surface area contributed by atoms with Crippen LogP contribution in [0.3, 0.4) is 0 Å². The van der Waals surface area contributed by atoms with Crippen molar-refractivity contribution in [3.05, 3.63) is 69.6 Å². The van der Waals surface area contributed by atoms with Crippen LogP contribution in [0.5, 0.6) is 5.75 Å². The van der Waals surface area contributed by atoms with Gasteiger partial charge < -0.3 is 9.15 Å². The Morgan fingerprint density at radius 1 is 0.927 bits per heavy atom. The van der Waals surface area contributed by atoms with Crippen LogP contribution in [0.2, 0.25) is 0 Å². The summed E-state index contributed by atoms with van der Waals surface area (Å²) in [6.07, 6.45) is -7.05. The normalized spacial score (nSPS) is 14.4. The highest BCUT2D eigenvalue weighted by molar-refractivity contribution is 6.12. The van der Waals surface area contributed by atoms with Crippen LogP contribution in [0, 0.1) is 0 Å². The molecule has 1 aromatic heterocycles. The number of hydrogen-bond donors (Lipinski definition) is 0. The monoisotopic (exact) mass is 584 g/mol. The number of nitrogens with zero attached hydrogens (tertiary/aromatic N) is 2. The first-order chi connectivity index (χ1) is 19.3. The van der Waals surface area contributed by atoms with E-state index in [2.05, 4.69) is 0 Å². The van der Waals surface area contributed by atoms with Gasteiger partial charge in [-0.15, -0.1) is 0 Å². The molecule has 3 aromatic rings. The Bertz CT molecular complexity index is 1500. The number of hydrogen-bond acceptors (Lipinski definition) is 5. The molecule has 2 heterocycles. The third-order valence-electron chi connectivity index (χ3n) is 6.60.